The van der Waals surface area contributed by atoms with E-state index in [2.05, 4.69) is 4.52 Å². The quantitative estimate of drug-likeness (QED) is 0.292. The molecular formula is C6H12NNa2O8P. The fourth-order valence-electron chi connectivity index (χ4n) is 1.33. The summed E-state index contributed by atoms with van der Waals surface area (Å²) in [4.78, 5) is 20.7. The second kappa shape index (κ2) is 9.04. The summed E-state index contributed by atoms with van der Waals surface area (Å²) < 4.78 is 19.0. The van der Waals surface area contributed by atoms with Gasteiger partial charge < -0.3 is 44.7 Å². The Morgan fingerprint density at radius 1 is 1.28 bits per heavy atom. The van der Waals surface area contributed by atoms with E-state index >= 15 is 0 Å². The van der Waals surface area contributed by atoms with E-state index in [1.807, 2.05) is 0 Å². The van der Waals surface area contributed by atoms with E-state index in [0.717, 1.165) is 0 Å². The predicted molar refractivity (Wildman–Crippen MR) is 44.4 cm³/mol. The van der Waals surface area contributed by atoms with Crippen molar-refractivity contribution >= 4 is 7.82 Å². The van der Waals surface area contributed by atoms with Gasteiger partial charge >= 0.3 is 59.1 Å². The first kappa shape index (κ1) is 22.2. The minimum Gasteiger partial charge on any atom is -0.790 e. The maximum atomic E-state index is 10.3. The van der Waals surface area contributed by atoms with Crippen LogP contribution in [0.15, 0.2) is 0 Å². The van der Waals surface area contributed by atoms with Crippen LogP contribution in [0.25, 0.3) is 0 Å². The first-order chi connectivity index (χ1) is 7.26. The topological polar surface area (TPSA) is 168 Å². The molecule has 5 N–H and O–H groups in total. The Morgan fingerprint density at radius 3 is 2.17 bits per heavy atom. The van der Waals surface area contributed by atoms with Crippen LogP contribution in [-0.2, 0) is 13.8 Å². The number of hydrogen-bond acceptors (Lipinski definition) is 9. The van der Waals surface area contributed by atoms with Gasteiger partial charge in [-0.15, -0.1) is 0 Å². The van der Waals surface area contributed by atoms with Crippen LogP contribution in [0.4, 0.5) is 0 Å². The van der Waals surface area contributed by atoms with Crippen molar-refractivity contribution in [3.63, 3.8) is 0 Å². The molecule has 0 aromatic heterocycles. The average molecular weight is 303 g/mol. The average Bonchev–Trinajstić information content (AvgIpc) is 2.17. The van der Waals surface area contributed by atoms with E-state index in [4.69, 9.17) is 15.6 Å². The van der Waals surface area contributed by atoms with Crippen molar-refractivity contribution in [1.29, 1.82) is 0 Å². The van der Waals surface area contributed by atoms with Gasteiger partial charge in [-0.2, -0.15) is 0 Å². The molecule has 0 aliphatic carbocycles. The van der Waals surface area contributed by atoms with E-state index < -0.39 is 45.1 Å². The molecule has 96 valence electrons. The SMILES string of the molecule is N[C@H]1[C@@H](OP(=O)([O-])[O-])O[C@H](CO)[C@@H](O)[C@@H]1O.[Na+].[Na+]. The molecule has 1 aliphatic heterocycles. The molecule has 1 fully saturated rings. The molecule has 12 heteroatoms. The summed E-state index contributed by atoms with van der Waals surface area (Å²) in [5, 5.41) is 27.5. The maximum Gasteiger partial charge on any atom is 1.00 e. The number of aliphatic hydroxyl groups is 3. The number of hydrogen-bond donors (Lipinski definition) is 4. The molecule has 1 saturated heterocycles. The Morgan fingerprint density at radius 2 is 1.78 bits per heavy atom. The molecule has 0 radical (unpaired) electrons. The minimum atomic E-state index is -5.33. The second-order valence-corrected chi connectivity index (χ2v) is 4.44. The number of phosphoric ester groups is 1. The van der Waals surface area contributed by atoms with E-state index in [0.29, 0.717) is 0 Å². The van der Waals surface area contributed by atoms with Crippen molar-refractivity contribution in [2.24, 2.45) is 5.73 Å². The van der Waals surface area contributed by atoms with Crippen LogP contribution in [0.5, 0.6) is 0 Å². The summed E-state index contributed by atoms with van der Waals surface area (Å²) in [7, 11) is -5.33. The Labute approximate surface area is 147 Å². The normalized spacial score (nSPS) is 36.4. The van der Waals surface area contributed by atoms with Crippen LogP contribution < -0.4 is 74.6 Å². The fraction of sp³-hybridized carbons (Fsp3) is 1.00. The zero-order valence-corrected chi connectivity index (χ0v) is 14.9. The van der Waals surface area contributed by atoms with Gasteiger partial charge in [0.1, 0.15) is 18.3 Å². The first-order valence-corrected chi connectivity index (χ1v) is 5.81. The Kier molecular flexibility index (Phi) is 11.1. The number of ether oxygens (including phenoxy) is 1. The number of rotatable bonds is 3. The molecular weight excluding hydrogens is 291 g/mol. The minimum absolute atomic E-state index is 0. The van der Waals surface area contributed by atoms with Gasteiger partial charge in [-0.1, -0.05) is 0 Å². The molecule has 9 nitrogen and oxygen atoms in total. The van der Waals surface area contributed by atoms with Crippen molar-refractivity contribution in [2.45, 2.75) is 30.6 Å². The van der Waals surface area contributed by atoms with Crippen molar-refractivity contribution in [3.05, 3.63) is 0 Å². The van der Waals surface area contributed by atoms with Gasteiger partial charge in [0.2, 0.25) is 0 Å². The predicted octanol–water partition coefficient (Wildman–Crippen LogP) is -10.4. The van der Waals surface area contributed by atoms with Gasteiger partial charge in [0, 0.05) is 0 Å². The Bertz CT molecular complexity index is 289. The van der Waals surface area contributed by atoms with E-state index in [9.17, 15) is 24.6 Å². The van der Waals surface area contributed by atoms with Crippen molar-refractivity contribution in [3.8, 4) is 0 Å². The summed E-state index contributed by atoms with van der Waals surface area (Å²) in [6.45, 7) is -0.688. The summed E-state index contributed by atoms with van der Waals surface area (Å²) in [6, 6.07) is -1.41. The van der Waals surface area contributed by atoms with Gasteiger partial charge in [-0.25, -0.2) is 0 Å². The summed E-state index contributed by atoms with van der Waals surface area (Å²) >= 11 is 0. The van der Waals surface area contributed by atoms with Crippen LogP contribution >= 0.6 is 7.82 Å². The maximum absolute atomic E-state index is 10.3. The summed E-state index contributed by atoms with van der Waals surface area (Å²) in [6.07, 6.45) is -6.05. The molecule has 1 aliphatic rings. The fourth-order valence-corrected chi connectivity index (χ4v) is 1.77. The molecule has 18 heavy (non-hydrogen) atoms. The van der Waals surface area contributed by atoms with Crippen LogP contribution in [0.2, 0.25) is 0 Å². The van der Waals surface area contributed by atoms with Gasteiger partial charge in [0.25, 0.3) is 0 Å². The first-order valence-electron chi connectivity index (χ1n) is 4.34. The third-order valence-electron chi connectivity index (χ3n) is 2.16. The second-order valence-electron chi connectivity index (χ2n) is 3.34. The van der Waals surface area contributed by atoms with Gasteiger partial charge in [-0.3, -0.25) is 0 Å². The number of phosphoric acid groups is 1. The standard InChI is InChI=1S/C6H14NO8P.2Na/c7-3-5(10)4(9)2(1-8)14-6(3)15-16(11,12)13;;/h2-6,8-10H,1,7H2,(H2,11,12,13);;/q;2*+1/p-2/t2-,3-,4-,5-,6-;;/m1../s1. The Balaban J connectivity index is 0. The molecule has 0 aromatic carbocycles. The molecule has 0 saturated carbocycles. The molecule has 0 amide bonds. The largest absolute Gasteiger partial charge is 1.00 e. The van der Waals surface area contributed by atoms with E-state index in [-0.39, 0.29) is 59.1 Å². The van der Waals surface area contributed by atoms with Gasteiger partial charge in [0.05, 0.1) is 20.5 Å². The van der Waals surface area contributed by atoms with E-state index in [1.165, 1.54) is 0 Å². The van der Waals surface area contributed by atoms with Crippen molar-refractivity contribution in [1.82, 2.24) is 0 Å². The molecule has 1 rings (SSSR count). The zero-order valence-electron chi connectivity index (χ0n) is 10.0. The molecule has 0 unspecified atom stereocenters. The monoisotopic (exact) mass is 303 g/mol. The Hall–Kier alpha value is 1.91. The van der Waals surface area contributed by atoms with E-state index in [1.54, 1.807) is 0 Å². The van der Waals surface area contributed by atoms with Crippen molar-refractivity contribution in [2.75, 3.05) is 6.61 Å². The van der Waals surface area contributed by atoms with Crippen LogP contribution in [0.1, 0.15) is 0 Å². The summed E-state index contributed by atoms with van der Waals surface area (Å²) in [5.74, 6) is 0. The van der Waals surface area contributed by atoms with Crippen LogP contribution in [-0.4, -0.2) is 52.6 Å². The third kappa shape index (κ3) is 6.13. The van der Waals surface area contributed by atoms with Crippen LogP contribution in [0, 0.1) is 0 Å². The summed E-state index contributed by atoms with van der Waals surface area (Å²) in [5.41, 5.74) is 5.30. The van der Waals surface area contributed by atoms with Crippen LogP contribution in [0.3, 0.4) is 0 Å². The number of aliphatic hydroxyl groups excluding tert-OH is 3. The molecule has 5 atom stereocenters. The zero-order chi connectivity index (χ0) is 12.5. The van der Waals surface area contributed by atoms with Gasteiger partial charge in [0.15, 0.2) is 6.29 Å². The molecule has 0 bridgehead atoms. The molecule has 0 spiro atoms. The van der Waals surface area contributed by atoms with Gasteiger partial charge in [-0.05, 0) is 0 Å². The number of nitrogens with two attached hydrogens (primary N) is 1. The van der Waals surface area contributed by atoms with Crippen molar-refractivity contribution < 1.29 is 98.0 Å². The molecule has 0 aromatic rings. The smallest absolute Gasteiger partial charge is 0.790 e. The third-order valence-corrected chi connectivity index (χ3v) is 2.63. The molecule has 1 heterocycles.